The Morgan fingerprint density at radius 1 is 0.854 bits per heavy atom. The van der Waals surface area contributed by atoms with Crippen LogP contribution in [0.3, 0.4) is 0 Å². The lowest BCUT2D eigenvalue weighted by Gasteiger charge is -2.28. The molecular formula is C30H39N5O6. The number of H-pyrrole nitrogens is 1. The maximum atomic E-state index is 13.7. The first-order chi connectivity index (χ1) is 19.5. The average molecular weight is 566 g/mol. The Bertz CT molecular complexity index is 1340. The smallest absolute Gasteiger partial charge is 0.328 e. The number of hydrogen-bond donors (Lipinski definition) is 7. The van der Waals surface area contributed by atoms with E-state index in [0.717, 1.165) is 22.0 Å². The molecule has 8 N–H and O–H groups in total. The van der Waals surface area contributed by atoms with Gasteiger partial charge in [0.25, 0.3) is 0 Å². The maximum Gasteiger partial charge on any atom is 0.328 e. The van der Waals surface area contributed by atoms with Gasteiger partial charge in [-0.2, -0.15) is 0 Å². The highest BCUT2D eigenvalue weighted by Crippen LogP contribution is 2.20. The van der Waals surface area contributed by atoms with Crippen molar-refractivity contribution in [1.29, 1.82) is 0 Å². The van der Waals surface area contributed by atoms with E-state index in [-0.39, 0.29) is 18.8 Å². The summed E-state index contributed by atoms with van der Waals surface area (Å²) >= 11 is 0. The van der Waals surface area contributed by atoms with Crippen LogP contribution in [0.15, 0.2) is 60.8 Å². The van der Waals surface area contributed by atoms with E-state index in [1.54, 1.807) is 13.1 Å². The number of hydrogen-bond acceptors (Lipinski definition) is 6. The molecule has 3 rings (SSSR count). The monoisotopic (exact) mass is 565 g/mol. The largest absolute Gasteiger partial charge is 0.480 e. The summed E-state index contributed by atoms with van der Waals surface area (Å²) in [4.78, 5) is 54.7. The van der Waals surface area contributed by atoms with Gasteiger partial charge in [0, 0.05) is 23.5 Å². The standard InChI is InChI=1S/C30H39N5O6/c1-4-17(2)25(29(39)35-26(18(3)36)30(40)41)34-28(38)24(15-20-16-32-23-13-9-8-12-21(20)23)33-27(37)22(31)14-19-10-6-5-7-11-19/h5-13,16-18,22,24-26,32,36H,4,14-15,31H2,1-3H3,(H,33,37)(H,34,38)(H,35,39)(H,40,41). The predicted molar refractivity (Wildman–Crippen MR) is 155 cm³/mol. The number of para-hydroxylation sites is 1. The van der Waals surface area contributed by atoms with E-state index >= 15 is 0 Å². The van der Waals surface area contributed by atoms with Crippen LogP contribution in [0.25, 0.3) is 10.9 Å². The molecule has 1 aromatic heterocycles. The number of aromatic amines is 1. The molecule has 0 saturated carbocycles. The molecule has 2 aromatic carbocycles. The minimum Gasteiger partial charge on any atom is -0.480 e. The van der Waals surface area contributed by atoms with Crippen LogP contribution >= 0.6 is 0 Å². The quantitative estimate of drug-likeness (QED) is 0.153. The van der Waals surface area contributed by atoms with Crippen LogP contribution < -0.4 is 21.7 Å². The molecule has 0 spiro atoms. The Balaban J connectivity index is 1.85. The molecule has 0 aliphatic carbocycles. The Morgan fingerprint density at radius 2 is 1.49 bits per heavy atom. The fourth-order valence-corrected chi connectivity index (χ4v) is 4.56. The van der Waals surface area contributed by atoms with Gasteiger partial charge in [0.15, 0.2) is 6.04 Å². The highest BCUT2D eigenvalue weighted by Gasteiger charge is 2.34. The molecule has 0 saturated heterocycles. The van der Waals surface area contributed by atoms with Gasteiger partial charge in [-0.3, -0.25) is 14.4 Å². The van der Waals surface area contributed by atoms with Gasteiger partial charge in [0.1, 0.15) is 12.1 Å². The summed E-state index contributed by atoms with van der Waals surface area (Å²) in [6.45, 7) is 4.82. The molecule has 3 aromatic rings. The average Bonchev–Trinajstić information content (AvgIpc) is 3.36. The SMILES string of the molecule is CCC(C)C(NC(=O)C(Cc1c[nH]c2ccccc12)NC(=O)C(N)Cc1ccccc1)C(=O)NC(C(=O)O)C(C)O. The van der Waals surface area contributed by atoms with Crippen molar-refractivity contribution >= 4 is 34.6 Å². The molecule has 41 heavy (non-hydrogen) atoms. The van der Waals surface area contributed by atoms with Crippen LogP contribution in [0.4, 0.5) is 0 Å². The summed E-state index contributed by atoms with van der Waals surface area (Å²) in [6, 6.07) is 12.1. The van der Waals surface area contributed by atoms with Crippen LogP contribution in [0.5, 0.6) is 0 Å². The lowest BCUT2D eigenvalue weighted by Crippen LogP contribution is -2.60. The second-order valence-corrected chi connectivity index (χ2v) is 10.4. The fraction of sp³-hybridized carbons (Fsp3) is 0.400. The van der Waals surface area contributed by atoms with Crippen molar-refractivity contribution in [3.05, 3.63) is 71.9 Å². The van der Waals surface area contributed by atoms with Gasteiger partial charge in [-0.05, 0) is 36.5 Å². The summed E-state index contributed by atoms with van der Waals surface area (Å²) in [5.41, 5.74) is 8.71. The predicted octanol–water partition coefficient (Wildman–Crippen LogP) is 1.25. The maximum absolute atomic E-state index is 13.7. The summed E-state index contributed by atoms with van der Waals surface area (Å²) in [5.74, 6) is -3.69. The number of nitrogens with one attached hydrogen (secondary N) is 4. The highest BCUT2D eigenvalue weighted by molar-refractivity contribution is 5.95. The topological polar surface area (TPSA) is 187 Å². The van der Waals surface area contributed by atoms with Crippen molar-refractivity contribution in [1.82, 2.24) is 20.9 Å². The van der Waals surface area contributed by atoms with Crippen LogP contribution in [0.2, 0.25) is 0 Å². The van der Waals surface area contributed by atoms with E-state index in [4.69, 9.17) is 5.73 Å². The van der Waals surface area contributed by atoms with Crippen LogP contribution in [0, 0.1) is 5.92 Å². The number of carbonyl (C=O) groups is 4. The van der Waals surface area contributed by atoms with Gasteiger partial charge in [0.05, 0.1) is 12.1 Å². The third-order valence-electron chi connectivity index (χ3n) is 7.21. The number of aliphatic hydroxyl groups excluding tert-OH is 1. The summed E-state index contributed by atoms with van der Waals surface area (Å²) in [6.07, 6.45) is 1.28. The minimum atomic E-state index is -1.55. The molecule has 11 nitrogen and oxygen atoms in total. The second kappa shape index (κ2) is 14.4. The molecule has 0 aliphatic heterocycles. The first kappa shape index (κ1) is 31.3. The lowest BCUT2D eigenvalue weighted by molar-refractivity contribution is -0.145. The number of benzene rings is 2. The van der Waals surface area contributed by atoms with Crippen LogP contribution in [-0.4, -0.2) is 69.2 Å². The lowest BCUT2D eigenvalue weighted by atomic mass is 9.96. The Labute approximate surface area is 238 Å². The molecule has 1 heterocycles. The minimum absolute atomic E-state index is 0.111. The van der Waals surface area contributed by atoms with Gasteiger partial charge in [-0.25, -0.2) is 4.79 Å². The number of fused-ring (bicyclic) bond motifs is 1. The van der Waals surface area contributed by atoms with E-state index in [1.807, 2.05) is 61.5 Å². The number of carboxylic acid groups (broad SMARTS) is 1. The van der Waals surface area contributed by atoms with E-state index in [0.29, 0.717) is 6.42 Å². The molecule has 0 aliphatic rings. The number of rotatable bonds is 14. The first-order valence-electron chi connectivity index (χ1n) is 13.7. The Kier molecular flexibility index (Phi) is 11.0. The van der Waals surface area contributed by atoms with Crippen molar-refractivity contribution in [3.63, 3.8) is 0 Å². The molecule has 0 bridgehead atoms. The van der Waals surface area contributed by atoms with Gasteiger partial charge < -0.3 is 36.9 Å². The molecular weight excluding hydrogens is 526 g/mol. The second-order valence-electron chi connectivity index (χ2n) is 10.4. The van der Waals surface area contributed by atoms with Crippen molar-refractivity contribution < 1.29 is 29.4 Å². The third-order valence-corrected chi connectivity index (χ3v) is 7.21. The van der Waals surface area contributed by atoms with Gasteiger partial charge in [0.2, 0.25) is 17.7 Å². The first-order valence-corrected chi connectivity index (χ1v) is 13.7. The van der Waals surface area contributed by atoms with Crippen molar-refractivity contribution in [2.75, 3.05) is 0 Å². The summed E-state index contributed by atoms with van der Waals surface area (Å²) in [5, 5.41) is 27.9. The van der Waals surface area contributed by atoms with E-state index in [9.17, 15) is 29.4 Å². The number of carbonyl (C=O) groups excluding carboxylic acids is 3. The number of aromatic nitrogens is 1. The third kappa shape index (κ3) is 8.38. The van der Waals surface area contributed by atoms with Crippen molar-refractivity contribution in [2.45, 2.75) is 70.3 Å². The number of carboxylic acids is 1. The number of nitrogens with two attached hydrogens (primary N) is 1. The number of aliphatic carboxylic acids is 1. The van der Waals surface area contributed by atoms with E-state index in [1.165, 1.54) is 6.92 Å². The fourth-order valence-electron chi connectivity index (χ4n) is 4.56. The zero-order valence-corrected chi connectivity index (χ0v) is 23.5. The van der Waals surface area contributed by atoms with Crippen molar-refractivity contribution in [2.24, 2.45) is 11.7 Å². The highest BCUT2D eigenvalue weighted by atomic mass is 16.4. The molecule has 3 amide bonds. The molecule has 11 heteroatoms. The Morgan fingerprint density at radius 3 is 2.12 bits per heavy atom. The van der Waals surface area contributed by atoms with Crippen LogP contribution in [-0.2, 0) is 32.0 Å². The van der Waals surface area contributed by atoms with E-state index in [2.05, 4.69) is 20.9 Å². The summed E-state index contributed by atoms with van der Waals surface area (Å²) < 4.78 is 0. The molecule has 0 fully saturated rings. The van der Waals surface area contributed by atoms with Gasteiger partial charge in [-0.15, -0.1) is 0 Å². The van der Waals surface area contributed by atoms with Crippen molar-refractivity contribution in [3.8, 4) is 0 Å². The number of amides is 3. The molecule has 6 unspecified atom stereocenters. The summed E-state index contributed by atoms with van der Waals surface area (Å²) in [7, 11) is 0. The van der Waals surface area contributed by atoms with Gasteiger partial charge >= 0.3 is 5.97 Å². The zero-order chi connectivity index (χ0) is 30.1. The molecule has 220 valence electrons. The normalized spacial score (nSPS) is 15.6. The van der Waals surface area contributed by atoms with Gasteiger partial charge in [-0.1, -0.05) is 68.8 Å². The molecule has 6 atom stereocenters. The Hall–Kier alpha value is -4.22. The van der Waals surface area contributed by atoms with Crippen LogP contribution in [0.1, 0.15) is 38.3 Å². The van der Waals surface area contributed by atoms with E-state index < -0.39 is 54.0 Å². The number of aliphatic hydroxyl groups is 1. The molecule has 0 radical (unpaired) electrons. The zero-order valence-electron chi connectivity index (χ0n) is 23.5.